The van der Waals surface area contributed by atoms with Gasteiger partial charge in [0.05, 0.1) is 16.3 Å². The Kier molecular flexibility index (Phi) is 4.88. The van der Waals surface area contributed by atoms with Crippen molar-refractivity contribution in [1.29, 1.82) is 0 Å². The number of anilines is 1. The van der Waals surface area contributed by atoms with E-state index in [1.807, 2.05) is 0 Å². The molecule has 1 N–H and O–H groups in total. The lowest BCUT2D eigenvalue weighted by Crippen LogP contribution is -2.22. The molecule has 0 radical (unpaired) electrons. The van der Waals surface area contributed by atoms with Crippen molar-refractivity contribution in [2.24, 2.45) is 0 Å². The summed E-state index contributed by atoms with van der Waals surface area (Å²) in [6.07, 6.45) is 1.26. The van der Waals surface area contributed by atoms with Gasteiger partial charge in [-0.3, -0.25) is 9.59 Å². The Labute approximate surface area is 130 Å². The van der Waals surface area contributed by atoms with E-state index >= 15 is 0 Å². The number of hydrogen-bond acceptors (Lipinski definition) is 4. The van der Waals surface area contributed by atoms with Crippen molar-refractivity contribution in [2.75, 3.05) is 11.9 Å². The van der Waals surface area contributed by atoms with Crippen molar-refractivity contribution >= 4 is 34.8 Å². The fourth-order valence-electron chi connectivity index (χ4n) is 1.58. The highest BCUT2D eigenvalue weighted by Gasteiger charge is 2.10. The standard InChI is InChI=1S/C14H11Cl2NO4/c1-8-14(12(18)4-5-20-8)21-7-13(19)17-9-2-3-10(15)11(16)6-9/h2-6H,7H2,1H3,(H,17,19). The summed E-state index contributed by atoms with van der Waals surface area (Å²) in [6, 6.07) is 5.91. The Balaban J connectivity index is 1.99. The average molecular weight is 328 g/mol. The predicted molar refractivity (Wildman–Crippen MR) is 80.3 cm³/mol. The molecule has 1 aromatic heterocycles. The quantitative estimate of drug-likeness (QED) is 0.935. The molecular formula is C14H11Cl2NO4. The summed E-state index contributed by atoms with van der Waals surface area (Å²) in [6.45, 7) is 1.25. The molecule has 0 aliphatic carbocycles. The molecule has 0 saturated heterocycles. The van der Waals surface area contributed by atoms with Gasteiger partial charge < -0.3 is 14.5 Å². The van der Waals surface area contributed by atoms with Gasteiger partial charge in [-0.2, -0.15) is 0 Å². The molecular weight excluding hydrogens is 317 g/mol. The zero-order valence-corrected chi connectivity index (χ0v) is 12.5. The number of carbonyl (C=O) groups excluding carboxylic acids is 1. The van der Waals surface area contributed by atoms with E-state index in [0.29, 0.717) is 21.5 Å². The van der Waals surface area contributed by atoms with Gasteiger partial charge in [-0.25, -0.2) is 0 Å². The fraction of sp³-hybridized carbons (Fsp3) is 0.143. The van der Waals surface area contributed by atoms with E-state index in [-0.39, 0.29) is 17.8 Å². The summed E-state index contributed by atoms with van der Waals surface area (Å²) < 4.78 is 10.2. The number of halogens is 2. The highest BCUT2D eigenvalue weighted by atomic mass is 35.5. The summed E-state index contributed by atoms with van der Waals surface area (Å²) >= 11 is 11.6. The Hall–Kier alpha value is -1.98. The molecule has 110 valence electrons. The van der Waals surface area contributed by atoms with Crippen LogP contribution in [0.5, 0.6) is 5.75 Å². The van der Waals surface area contributed by atoms with E-state index in [9.17, 15) is 9.59 Å². The molecule has 2 rings (SSSR count). The van der Waals surface area contributed by atoms with Crippen LogP contribution in [0.2, 0.25) is 10.0 Å². The number of rotatable bonds is 4. The maximum atomic E-state index is 11.8. The van der Waals surface area contributed by atoms with Crippen LogP contribution in [0.3, 0.4) is 0 Å². The predicted octanol–water partition coefficient (Wildman–Crippen LogP) is 3.27. The van der Waals surface area contributed by atoms with E-state index < -0.39 is 5.91 Å². The topological polar surface area (TPSA) is 68.5 Å². The lowest BCUT2D eigenvalue weighted by molar-refractivity contribution is -0.118. The van der Waals surface area contributed by atoms with Crippen LogP contribution in [-0.4, -0.2) is 12.5 Å². The van der Waals surface area contributed by atoms with Gasteiger partial charge >= 0.3 is 0 Å². The SMILES string of the molecule is Cc1occc(=O)c1OCC(=O)Nc1ccc(Cl)c(Cl)c1. The lowest BCUT2D eigenvalue weighted by atomic mass is 10.3. The van der Waals surface area contributed by atoms with Crippen LogP contribution in [0.25, 0.3) is 0 Å². The number of carbonyl (C=O) groups is 1. The first-order chi connectivity index (χ1) is 9.97. The summed E-state index contributed by atoms with van der Waals surface area (Å²) in [5.41, 5.74) is 0.135. The number of amides is 1. The molecule has 0 fully saturated rings. The molecule has 21 heavy (non-hydrogen) atoms. The van der Waals surface area contributed by atoms with Crippen LogP contribution in [0.4, 0.5) is 5.69 Å². The molecule has 0 saturated carbocycles. The first-order valence-electron chi connectivity index (χ1n) is 5.93. The van der Waals surface area contributed by atoms with E-state index in [1.165, 1.54) is 18.4 Å². The molecule has 0 aliphatic rings. The minimum absolute atomic E-state index is 0.0155. The molecule has 0 aliphatic heterocycles. The van der Waals surface area contributed by atoms with Crippen LogP contribution in [0.1, 0.15) is 5.76 Å². The zero-order valence-electron chi connectivity index (χ0n) is 11.0. The van der Waals surface area contributed by atoms with Gasteiger partial charge in [0.15, 0.2) is 6.61 Å². The number of aryl methyl sites for hydroxylation is 1. The first-order valence-corrected chi connectivity index (χ1v) is 6.69. The molecule has 1 amide bonds. The minimum Gasteiger partial charge on any atom is -0.476 e. The summed E-state index contributed by atoms with van der Waals surface area (Å²) in [4.78, 5) is 23.3. The molecule has 0 atom stereocenters. The Morgan fingerprint density at radius 1 is 1.29 bits per heavy atom. The van der Waals surface area contributed by atoms with Crippen LogP contribution >= 0.6 is 23.2 Å². The van der Waals surface area contributed by atoms with E-state index in [2.05, 4.69) is 5.32 Å². The largest absolute Gasteiger partial charge is 0.476 e. The summed E-state index contributed by atoms with van der Waals surface area (Å²) in [5.74, 6) is -0.109. The van der Waals surface area contributed by atoms with Crippen LogP contribution in [-0.2, 0) is 4.79 Å². The molecule has 0 bridgehead atoms. The van der Waals surface area contributed by atoms with Crippen molar-refractivity contribution in [3.8, 4) is 5.75 Å². The smallest absolute Gasteiger partial charge is 0.262 e. The molecule has 0 spiro atoms. The number of ether oxygens (including phenoxy) is 1. The Morgan fingerprint density at radius 3 is 2.71 bits per heavy atom. The van der Waals surface area contributed by atoms with Crippen LogP contribution in [0, 0.1) is 6.92 Å². The maximum absolute atomic E-state index is 11.8. The highest BCUT2D eigenvalue weighted by Crippen LogP contribution is 2.24. The normalized spacial score (nSPS) is 10.2. The molecule has 7 heteroatoms. The van der Waals surface area contributed by atoms with Crippen molar-refractivity contribution in [3.05, 3.63) is 56.6 Å². The van der Waals surface area contributed by atoms with Gasteiger partial charge in [-0.15, -0.1) is 0 Å². The maximum Gasteiger partial charge on any atom is 0.262 e. The van der Waals surface area contributed by atoms with Gasteiger partial charge in [0.25, 0.3) is 5.91 Å². The van der Waals surface area contributed by atoms with E-state index in [4.69, 9.17) is 32.4 Å². The van der Waals surface area contributed by atoms with Gasteiger partial charge in [-0.1, -0.05) is 23.2 Å². The average Bonchev–Trinajstić information content (AvgIpc) is 2.42. The summed E-state index contributed by atoms with van der Waals surface area (Å²) in [7, 11) is 0. The van der Waals surface area contributed by atoms with Gasteiger partial charge in [0.1, 0.15) is 5.76 Å². The van der Waals surface area contributed by atoms with Gasteiger partial charge in [-0.05, 0) is 25.1 Å². The number of hydrogen-bond donors (Lipinski definition) is 1. The monoisotopic (exact) mass is 327 g/mol. The van der Waals surface area contributed by atoms with Crippen molar-refractivity contribution < 1.29 is 13.9 Å². The van der Waals surface area contributed by atoms with Crippen LogP contribution < -0.4 is 15.5 Å². The second-order valence-electron chi connectivity index (χ2n) is 4.14. The highest BCUT2D eigenvalue weighted by molar-refractivity contribution is 6.42. The van der Waals surface area contributed by atoms with Crippen LogP contribution in [0.15, 0.2) is 39.7 Å². The second-order valence-corrected chi connectivity index (χ2v) is 4.95. The third kappa shape index (κ3) is 4.00. The third-order valence-corrected chi connectivity index (χ3v) is 3.30. The Bertz CT molecular complexity index is 727. The number of nitrogens with one attached hydrogen (secondary N) is 1. The second kappa shape index (κ2) is 6.65. The first kappa shape index (κ1) is 15.4. The molecule has 5 nitrogen and oxygen atoms in total. The van der Waals surface area contributed by atoms with Gasteiger partial charge in [0, 0.05) is 11.8 Å². The van der Waals surface area contributed by atoms with Crippen molar-refractivity contribution in [3.63, 3.8) is 0 Å². The molecule has 1 heterocycles. The molecule has 2 aromatic rings. The fourth-order valence-corrected chi connectivity index (χ4v) is 1.88. The van der Waals surface area contributed by atoms with Crippen molar-refractivity contribution in [2.45, 2.75) is 6.92 Å². The lowest BCUT2D eigenvalue weighted by Gasteiger charge is -2.08. The zero-order chi connectivity index (χ0) is 15.4. The van der Waals surface area contributed by atoms with E-state index in [1.54, 1.807) is 19.1 Å². The molecule has 1 aromatic carbocycles. The Morgan fingerprint density at radius 2 is 2.05 bits per heavy atom. The van der Waals surface area contributed by atoms with Gasteiger partial charge in [0.2, 0.25) is 11.2 Å². The molecule has 0 unspecified atom stereocenters. The summed E-state index contributed by atoms with van der Waals surface area (Å²) in [5, 5.41) is 3.30. The third-order valence-electron chi connectivity index (χ3n) is 2.56. The van der Waals surface area contributed by atoms with Crippen molar-refractivity contribution in [1.82, 2.24) is 0 Å². The number of benzene rings is 1. The van der Waals surface area contributed by atoms with E-state index in [0.717, 1.165) is 0 Å². The minimum atomic E-state index is -0.434.